The summed E-state index contributed by atoms with van der Waals surface area (Å²) in [4.78, 5) is 11.1. The van der Waals surface area contributed by atoms with Crippen LogP contribution in [0.5, 0.6) is 0 Å². The summed E-state index contributed by atoms with van der Waals surface area (Å²) in [5.41, 5.74) is 6.77. The van der Waals surface area contributed by atoms with E-state index < -0.39 is 0 Å². The zero-order valence-electron chi connectivity index (χ0n) is 10.8. The van der Waals surface area contributed by atoms with Gasteiger partial charge >= 0.3 is 5.97 Å². The van der Waals surface area contributed by atoms with E-state index in [0.717, 1.165) is 24.7 Å². The van der Waals surface area contributed by atoms with Crippen LogP contribution < -0.4 is 5.73 Å². The highest BCUT2D eigenvalue weighted by molar-refractivity contribution is 5.66. The summed E-state index contributed by atoms with van der Waals surface area (Å²) in [6.45, 7) is 3.72. The molecule has 0 aromatic rings. The maximum Gasteiger partial charge on any atom is 0.302 e. The molecular weight excluding hydrogens is 214 g/mol. The van der Waals surface area contributed by atoms with Crippen molar-refractivity contribution in [3.05, 3.63) is 0 Å². The molecule has 1 spiro atoms. The molecule has 0 heterocycles. The zero-order chi connectivity index (χ0) is 12.2. The largest absolute Gasteiger partial charge is 0.462 e. The Kier molecular flexibility index (Phi) is 2.51. The van der Waals surface area contributed by atoms with Crippen LogP contribution in [-0.2, 0) is 9.53 Å². The highest BCUT2D eigenvalue weighted by atomic mass is 16.5. The van der Waals surface area contributed by atoms with E-state index in [9.17, 15) is 4.79 Å². The monoisotopic (exact) mass is 237 g/mol. The fraction of sp³-hybridized carbons (Fsp3) is 0.929. The number of carbonyl (C=O) groups is 1. The topological polar surface area (TPSA) is 52.3 Å². The van der Waals surface area contributed by atoms with Crippen molar-refractivity contribution < 1.29 is 9.53 Å². The standard InChI is InChI=1S/C14H23NO2/c1-8-6-14(7-12(8)17-9(2)16)11-4-3-10(5-11)13(14)15/h8,10-13H,3-7,15H2,1-2H3/t8-,10+,11?,12-,13+,14?/m0/s1. The van der Waals surface area contributed by atoms with E-state index in [4.69, 9.17) is 10.5 Å². The van der Waals surface area contributed by atoms with Gasteiger partial charge in [-0.05, 0) is 55.3 Å². The smallest absolute Gasteiger partial charge is 0.302 e. The first kappa shape index (κ1) is 11.5. The van der Waals surface area contributed by atoms with E-state index in [2.05, 4.69) is 6.92 Å². The van der Waals surface area contributed by atoms with Crippen LogP contribution in [0.25, 0.3) is 0 Å². The highest BCUT2D eigenvalue weighted by Crippen LogP contribution is 2.63. The minimum Gasteiger partial charge on any atom is -0.462 e. The molecule has 2 unspecified atom stereocenters. The van der Waals surface area contributed by atoms with Crippen LogP contribution >= 0.6 is 0 Å². The fourth-order valence-electron chi connectivity index (χ4n) is 4.97. The number of hydrogen-bond acceptors (Lipinski definition) is 3. The second-order valence-corrected chi connectivity index (χ2v) is 6.56. The number of ether oxygens (including phenoxy) is 1. The Balaban J connectivity index is 1.80. The Morgan fingerprint density at radius 3 is 2.71 bits per heavy atom. The first-order chi connectivity index (χ1) is 8.03. The van der Waals surface area contributed by atoms with Crippen molar-refractivity contribution in [2.45, 2.75) is 58.1 Å². The number of nitrogens with two attached hydrogens (primary N) is 1. The Hall–Kier alpha value is -0.570. The molecule has 2 N–H and O–H groups in total. The second kappa shape index (κ2) is 3.71. The lowest BCUT2D eigenvalue weighted by Gasteiger charge is -2.39. The van der Waals surface area contributed by atoms with Crippen LogP contribution in [-0.4, -0.2) is 18.1 Å². The van der Waals surface area contributed by atoms with E-state index in [0.29, 0.717) is 17.4 Å². The van der Waals surface area contributed by atoms with Crippen LogP contribution in [0.3, 0.4) is 0 Å². The van der Waals surface area contributed by atoms with Gasteiger partial charge in [-0.15, -0.1) is 0 Å². The summed E-state index contributed by atoms with van der Waals surface area (Å²) in [6.07, 6.45) is 6.26. The van der Waals surface area contributed by atoms with E-state index in [1.807, 2.05) is 0 Å². The predicted octanol–water partition coefficient (Wildman–Crippen LogP) is 2.09. The average Bonchev–Trinajstić information content (AvgIpc) is 2.87. The normalized spacial score (nSPS) is 52.3. The van der Waals surface area contributed by atoms with E-state index in [-0.39, 0.29) is 12.1 Å². The summed E-state index contributed by atoms with van der Waals surface area (Å²) in [5.74, 6) is 1.87. The van der Waals surface area contributed by atoms with Crippen molar-refractivity contribution in [1.82, 2.24) is 0 Å². The third kappa shape index (κ3) is 1.55. The van der Waals surface area contributed by atoms with Gasteiger partial charge in [0.1, 0.15) is 6.10 Å². The van der Waals surface area contributed by atoms with Crippen LogP contribution in [0.4, 0.5) is 0 Å². The molecule has 17 heavy (non-hydrogen) atoms. The molecule has 3 saturated carbocycles. The summed E-state index contributed by atoms with van der Waals surface area (Å²) in [5, 5.41) is 0. The van der Waals surface area contributed by atoms with Crippen LogP contribution in [0, 0.1) is 23.2 Å². The molecule has 6 atom stereocenters. The van der Waals surface area contributed by atoms with Crippen molar-refractivity contribution >= 4 is 5.97 Å². The quantitative estimate of drug-likeness (QED) is 0.710. The first-order valence-electron chi connectivity index (χ1n) is 6.96. The molecule has 0 aromatic heterocycles. The zero-order valence-corrected chi connectivity index (χ0v) is 10.8. The SMILES string of the molecule is CC(=O)O[C@H]1CC2(C[C@@H]1C)C1CC[C@H](C1)[C@H]2N. The molecular formula is C14H23NO2. The maximum absolute atomic E-state index is 11.1. The number of fused-ring (bicyclic) bond motifs is 3. The van der Waals surface area contributed by atoms with Crippen molar-refractivity contribution in [1.29, 1.82) is 0 Å². The van der Waals surface area contributed by atoms with Crippen molar-refractivity contribution in [3.63, 3.8) is 0 Å². The van der Waals surface area contributed by atoms with Gasteiger partial charge in [-0.1, -0.05) is 6.92 Å². The van der Waals surface area contributed by atoms with E-state index in [1.165, 1.54) is 26.2 Å². The van der Waals surface area contributed by atoms with Crippen LogP contribution in [0.1, 0.15) is 46.0 Å². The molecule has 2 bridgehead atoms. The number of carbonyl (C=O) groups excluding carboxylic acids is 1. The minimum atomic E-state index is -0.143. The highest BCUT2D eigenvalue weighted by Gasteiger charge is 2.61. The van der Waals surface area contributed by atoms with Crippen LogP contribution in [0.2, 0.25) is 0 Å². The maximum atomic E-state index is 11.1. The van der Waals surface area contributed by atoms with E-state index in [1.54, 1.807) is 0 Å². The third-order valence-electron chi connectivity index (χ3n) is 5.69. The molecule has 3 heteroatoms. The molecule has 0 saturated heterocycles. The Labute approximate surface area is 103 Å². The van der Waals surface area contributed by atoms with Gasteiger partial charge in [0.15, 0.2) is 0 Å². The van der Waals surface area contributed by atoms with Gasteiger partial charge in [0.2, 0.25) is 0 Å². The summed E-state index contributed by atoms with van der Waals surface area (Å²) < 4.78 is 5.47. The number of esters is 1. The number of hydrogen-bond donors (Lipinski definition) is 1. The Morgan fingerprint density at radius 1 is 1.35 bits per heavy atom. The molecule has 96 valence electrons. The lowest BCUT2D eigenvalue weighted by Crippen LogP contribution is -2.45. The average molecular weight is 237 g/mol. The molecule has 3 aliphatic rings. The molecule has 3 nitrogen and oxygen atoms in total. The predicted molar refractivity (Wildman–Crippen MR) is 65.2 cm³/mol. The summed E-state index contributed by atoms with van der Waals surface area (Å²) in [7, 11) is 0. The molecule has 3 fully saturated rings. The minimum absolute atomic E-state index is 0.109. The van der Waals surface area contributed by atoms with Gasteiger partial charge in [0, 0.05) is 13.0 Å². The molecule has 0 aliphatic heterocycles. The van der Waals surface area contributed by atoms with Gasteiger partial charge in [0.25, 0.3) is 0 Å². The Bertz CT molecular complexity index is 339. The summed E-state index contributed by atoms with van der Waals surface area (Å²) >= 11 is 0. The van der Waals surface area contributed by atoms with Crippen molar-refractivity contribution in [3.8, 4) is 0 Å². The van der Waals surface area contributed by atoms with Gasteiger partial charge in [0.05, 0.1) is 0 Å². The van der Waals surface area contributed by atoms with Crippen LogP contribution in [0.15, 0.2) is 0 Å². The third-order valence-corrected chi connectivity index (χ3v) is 5.69. The van der Waals surface area contributed by atoms with Crippen molar-refractivity contribution in [2.24, 2.45) is 28.9 Å². The number of rotatable bonds is 1. The molecule has 0 aromatic carbocycles. The fourth-order valence-corrected chi connectivity index (χ4v) is 4.97. The van der Waals surface area contributed by atoms with Gasteiger partial charge in [-0.2, -0.15) is 0 Å². The molecule has 0 amide bonds. The first-order valence-corrected chi connectivity index (χ1v) is 6.96. The van der Waals surface area contributed by atoms with Gasteiger partial charge in [-0.3, -0.25) is 4.79 Å². The van der Waals surface area contributed by atoms with Gasteiger partial charge < -0.3 is 10.5 Å². The molecule has 0 radical (unpaired) electrons. The Morgan fingerprint density at radius 2 is 2.12 bits per heavy atom. The van der Waals surface area contributed by atoms with E-state index >= 15 is 0 Å². The summed E-state index contributed by atoms with van der Waals surface area (Å²) in [6, 6.07) is 0.351. The second-order valence-electron chi connectivity index (χ2n) is 6.56. The lowest BCUT2D eigenvalue weighted by atomic mass is 9.68. The molecule has 3 aliphatic carbocycles. The van der Waals surface area contributed by atoms with Crippen molar-refractivity contribution in [2.75, 3.05) is 0 Å². The van der Waals surface area contributed by atoms with Gasteiger partial charge in [-0.25, -0.2) is 0 Å². The lowest BCUT2D eigenvalue weighted by molar-refractivity contribution is -0.148. The molecule has 3 rings (SSSR count).